The number of hydrogen-bond donors (Lipinski definition) is 1. The van der Waals surface area contributed by atoms with Gasteiger partial charge in [-0.3, -0.25) is 4.98 Å². The quantitative estimate of drug-likeness (QED) is 0.905. The number of hydrogen-bond acceptors (Lipinski definition) is 3. The Balaban J connectivity index is 2.22. The maximum atomic E-state index is 13.8. The second-order valence-electron chi connectivity index (χ2n) is 4.45. The fourth-order valence-electron chi connectivity index (χ4n) is 2.09. The lowest BCUT2D eigenvalue weighted by molar-refractivity contribution is 0.385. The summed E-state index contributed by atoms with van der Waals surface area (Å²) in [5, 5.41) is 3.20. The molecule has 1 aromatic carbocycles. The Labute approximate surface area is 126 Å². The molecule has 0 radical (unpaired) electrons. The average Bonchev–Trinajstić information content (AvgIpc) is 2.44. The zero-order valence-corrected chi connectivity index (χ0v) is 12.9. The second kappa shape index (κ2) is 6.81. The molecule has 2 aromatic rings. The summed E-state index contributed by atoms with van der Waals surface area (Å²) < 4.78 is 19.6. The van der Waals surface area contributed by atoms with Crippen LogP contribution in [0.3, 0.4) is 0 Å². The third-order valence-corrected chi connectivity index (χ3v) is 3.56. The predicted octanol–water partition coefficient (Wildman–Crippen LogP) is 3.50. The minimum Gasteiger partial charge on any atom is -0.494 e. The molecule has 20 heavy (non-hydrogen) atoms. The van der Waals surface area contributed by atoms with Gasteiger partial charge in [-0.25, -0.2) is 4.39 Å². The molecule has 0 fully saturated rings. The summed E-state index contributed by atoms with van der Waals surface area (Å²) in [7, 11) is 3.32. The van der Waals surface area contributed by atoms with Crippen molar-refractivity contribution in [3.8, 4) is 5.75 Å². The number of ether oxygens (including phenoxy) is 1. The van der Waals surface area contributed by atoms with Gasteiger partial charge in [-0.15, -0.1) is 0 Å². The fourth-order valence-corrected chi connectivity index (χ4v) is 2.50. The number of nitrogens with one attached hydrogen (secondary N) is 1. The van der Waals surface area contributed by atoms with Gasteiger partial charge in [0.25, 0.3) is 0 Å². The van der Waals surface area contributed by atoms with E-state index in [0.29, 0.717) is 0 Å². The van der Waals surface area contributed by atoms with Crippen LogP contribution in [0, 0.1) is 5.82 Å². The Morgan fingerprint density at radius 1 is 1.35 bits per heavy atom. The standard InChI is InChI=1S/C15H16BrFN2O/c1-18-14(6-10-5-12(16)9-19-8-10)11-3-4-15(20-2)13(17)7-11/h3-5,7-9,14,18H,6H2,1-2H3. The maximum absolute atomic E-state index is 13.8. The molecule has 1 N–H and O–H groups in total. The summed E-state index contributed by atoms with van der Waals surface area (Å²) in [6.07, 6.45) is 4.29. The molecule has 3 nitrogen and oxygen atoms in total. The largest absolute Gasteiger partial charge is 0.494 e. The number of methoxy groups -OCH3 is 1. The molecule has 1 atom stereocenters. The monoisotopic (exact) mass is 338 g/mol. The van der Waals surface area contributed by atoms with Crippen LogP contribution in [0.5, 0.6) is 5.75 Å². The predicted molar refractivity (Wildman–Crippen MR) is 80.4 cm³/mol. The molecular weight excluding hydrogens is 323 g/mol. The number of benzene rings is 1. The van der Waals surface area contributed by atoms with Crippen LogP contribution in [0.4, 0.5) is 4.39 Å². The first-order valence-corrected chi connectivity index (χ1v) is 7.03. The van der Waals surface area contributed by atoms with Crippen LogP contribution < -0.4 is 10.1 Å². The molecule has 0 bridgehead atoms. The first-order chi connectivity index (χ1) is 9.63. The molecule has 1 unspecified atom stereocenters. The van der Waals surface area contributed by atoms with Crippen molar-refractivity contribution in [2.24, 2.45) is 0 Å². The molecule has 0 saturated carbocycles. The Hall–Kier alpha value is -1.46. The summed E-state index contributed by atoms with van der Waals surface area (Å²) in [6, 6.07) is 7.05. The molecule has 0 aliphatic carbocycles. The van der Waals surface area contributed by atoms with Gasteiger partial charge in [-0.2, -0.15) is 0 Å². The highest BCUT2D eigenvalue weighted by molar-refractivity contribution is 9.10. The molecule has 5 heteroatoms. The summed E-state index contributed by atoms with van der Waals surface area (Å²) >= 11 is 3.40. The van der Waals surface area contributed by atoms with E-state index >= 15 is 0 Å². The average molecular weight is 339 g/mol. The molecule has 0 aliphatic heterocycles. The van der Waals surface area contributed by atoms with E-state index in [1.807, 2.05) is 25.4 Å². The van der Waals surface area contributed by atoms with Crippen molar-refractivity contribution in [3.63, 3.8) is 0 Å². The summed E-state index contributed by atoms with van der Waals surface area (Å²) in [5.74, 6) is -0.0923. The van der Waals surface area contributed by atoms with Crippen molar-refractivity contribution in [2.45, 2.75) is 12.5 Å². The van der Waals surface area contributed by atoms with E-state index in [-0.39, 0.29) is 17.6 Å². The van der Waals surface area contributed by atoms with Crippen LogP contribution in [0.25, 0.3) is 0 Å². The zero-order valence-electron chi connectivity index (χ0n) is 11.4. The van der Waals surface area contributed by atoms with Crippen LogP contribution in [0.1, 0.15) is 17.2 Å². The number of nitrogens with zero attached hydrogens (tertiary/aromatic N) is 1. The summed E-state index contributed by atoms with van der Waals surface area (Å²) in [6.45, 7) is 0. The van der Waals surface area contributed by atoms with Crippen LogP contribution in [0.15, 0.2) is 41.1 Å². The lowest BCUT2D eigenvalue weighted by Crippen LogP contribution is -2.19. The number of likely N-dealkylation sites (N-methyl/N-ethyl adjacent to an activating group) is 1. The molecule has 2 rings (SSSR count). The molecule has 1 aromatic heterocycles. The Morgan fingerprint density at radius 2 is 2.15 bits per heavy atom. The molecule has 0 amide bonds. The highest BCUT2D eigenvalue weighted by Crippen LogP contribution is 2.24. The van der Waals surface area contributed by atoms with Gasteiger partial charge in [-0.1, -0.05) is 6.07 Å². The van der Waals surface area contributed by atoms with E-state index in [1.54, 1.807) is 12.3 Å². The molecule has 0 aliphatic rings. The van der Waals surface area contributed by atoms with Gasteiger partial charge in [0.1, 0.15) is 0 Å². The third kappa shape index (κ3) is 3.55. The zero-order chi connectivity index (χ0) is 14.5. The molecule has 106 valence electrons. The van der Waals surface area contributed by atoms with Crippen molar-refractivity contribution < 1.29 is 9.13 Å². The van der Waals surface area contributed by atoms with Gasteiger partial charge in [0.15, 0.2) is 11.6 Å². The normalized spacial score (nSPS) is 12.2. The number of halogens is 2. The van der Waals surface area contributed by atoms with Gasteiger partial charge in [0, 0.05) is 22.9 Å². The Morgan fingerprint density at radius 3 is 2.75 bits per heavy atom. The van der Waals surface area contributed by atoms with E-state index in [9.17, 15) is 4.39 Å². The second-order valence-corrected chi connectivity index (χ2v) is 5.37. The molecule has 0 saturated heterocycles. The molecule has 1 heterocycles. The number of aromatic nitrogens is 1. The van der Waals surface area contributed by atoms with Crippen molar-refractivity contribution >= 4 is 15.9 Å². The van der Waals surface area contributed by atoms with Gasteiger partial charge < -0.3 is 10.1 Å². The van der Waals surface area contributed by atoms with E-state index in [4.69, 9.17) is 4.74 Å². The van der Waals surface area contributed by atoms with E-state index in [0.717, 1.165) is 22.0 Å². The topological polar surface area (TPSA) is 34.2 Å². The SMILES string of the molecule is CNC(Cc1cncc(Br)c1)c1ccc(OC)c(F)c1. The van der Waals surface area contributed by atoms with Gasteiger partial charge >= 0.3 is 0 Å². The van der Waals surface area contributed by atoms with Crippen LogP contribution in [-0.4, -0.2) is 19.1 Å². The molecule has 0 spiro atoms. The molecular formula is C15H16BrFN2O. The van der Waals surface area contributed by atoms with Crippen molar-refractivity contribution in [3.05, 3.63) is 58.1 Å². The van der Waals surface area contributed by atoms with Gasteiger partial charge in [0.05, 0.1) is 7.11 Å². The minimum atomic E-state index is -0.349. The van der Waals surface area contributed by atoms with Crippen LogP contribution >= 0.6 is 15.9 Å². The smallest absolute Gasteiger partial charge is 0.165 e. The lowest BCUT2D eigenvalue weighted by Gasteiger charge is -2.17. The third-order valence-electron chi connectivity index (χ3n) is 3.13. The maximum Gasteiger partial charge on any atom is 0.165 e. The Kier molecular flexibility index (Phi) is 5.09. The van der Waals surface area contributed by atoms with E-state index < -0.39 is 0 Å². The van der Waals surface area contributed by atoms with Crippen LogP contribution in [-0.2, 0) is 6.42 Å². The highest BCUT2D eigenvalue weighted by atomic mass is 79.9. The van der Waals surface area contributed by atoms with Crippen molar-refractivity contribution in [1.82, 2.24) is 10.3 Å². The summed E-state index contributed by atoms with van der Waals surface area (Å²) in [4.78, 5) is 4.14. The number of rotatable bonds is 5. The highest BCUT2D eigenvalue weighted by Gasteiger charge is 2.13. The lowest BCUT2D eigenvalue weighted by atomic mass is 10.00. The van der Waals surface area contributed by atoms with Crippen LogP contribution in [0.2, 0.25) is 0 Å². The summed E-state index contributed by atoms with van der Waals surface area (Å²) in [5.41, 5.74) is 1.96. The first-order valence-electron chi connectivity index (χ1n) is 6.24. The van der Waals surface area contributed by atoms with Crippen molar-refractivity contribution in [2.75, 3.05) is 14.2 Å². The Bertz CT molecular complexity index is 592. The van der Waals surface area contributed by atoms with Crippen molar-refractivity contribution in [1.29, 1.82) is 0 Å². The fraction of sp³-hybridized carbons (Fsp3) is 0.267. The number of pyridine rings is 1. The minimum absolute atomic E-state index is 0.0199. The van der Waals surface area contributed by atoms with Gasteiger partial charge in [0.2, 0.25) is 0 Å². The van der Waals surface area contributed by atoms with E-state index in [2.05, 4.69) is 26.2 Å². The van der Waals surface area contributed by atoms with E-state index in [1.165, 1.54) is 13.2 Å². The van der Waals surface area contributed by atoms with Gasteiger partial charge in [-0.05, 0) is 58.7 Å². The first kappa shape index (κ1) is 14.9.